The van der Waals surface area contributed by atoms with Gasteiger partial charge in [-0.25, -0.2) is 13.8 Å². The van der Waals surface area contributed by atoms with Gasteiger partial charge >= 0.3 is 0 Å². The highest BCUT2D eigenvalue weighted by Crippen LogP contribution is 2.40. The van der Waals surface area contributed by atoms with Crippen molar-refractivity contribution >= 4 is 28.2 Å². The van der Waals surface area contributed by atoms with E-state index < -0.39 is 17.2 Å². The van der Waals surface area contributed by atoms with Gasteiger partial charge in [0.1, 0.15) is 0 Å². The molecule has 6 rings (SSSR count). The second kappa shape index (κ2) is 8.18. The Labute approximate surface area is 208 Å². The molecule has 36 heavy (non-hydrogen) atoms. The number of imidazole rings is 1. The topological polar surface area (TPSA) is 81.1 Å². The number of aryl methyl sites for hydroxylation is 1. The maximum atomic E-state index is 14.3. The lowest BCUT2D eigenvalue weighted by atomic mass is 9.82. The van der Waals surface area contributed by atoms with E-state index in [4.69, 9.17) is 11.6 Å². The van der Waals surface area contributed by atoms with Crippen molar-refractivity contribution in [3.63, 3.8) is 0 Å². The number of aromatic nitrogens is 6. The third-order valence-electron chi connectivity index (χ3n) is 6.36. The predicted octanol–water partition coefficient (Wildman–Crippen LogP) is 4.89. The van der Waals surface area contributed by atoms with E-state index in [1.807, 2.05) is 24.3 Å². The minimum Gasteiger partial charge on any atom is -0.374 e. The number of hydrogen-bond donors (Lipinski definition) is 1. The van der Waals surface area contributed by atoms with Gasteiger partial charge in [0.2, 0.25) is 0 Å². The third-order valence-corrected chi connectivity index (χ3v) is 6.60. The highest BCUT2D eigenvalue weighted by Gasteiger charge is 2.37. The molecule has 0 saturated heterocycles. The second-order valence-corrected chi connectivity index (χ2v) is 8.91. The first-order valence-corrected chi connectivity index (χ1v) is 11.3. The number of nitrogens with zero attached hydrogens (tertiary/aromatic N) is 6. The molecule has 0 amide bonds. The van der Waals surface area contributed by atoms with Gasteiger partial charge in [-0.05, 0) is 75.1 Å². The quantitative estimate of drug-likeness (QED) is 0.371. The van der Waals surface area contributed by atoms with Crippen LogP contribution in [0.5, 0.6) is 0 Å². The molecule has 1 unspecified atom stereocenters. The van der Waals surface area contributed by atoms with Crippen LogP contribution in [0.1, 0.15) is 16.8 Å². The number of rotatable bonds is 4. The van der Waals surface area contributed by atoms with E-state index in [1.54, 1.807) is 40.4 Å². The molecule has 0 aliphatic carbocycles. The summed E-state index contributed by atoms with van der Waals surface area (Å²) in [7, 11) is 1.72. The largest absolute Gasteiger partial charge is 0.374 e. The molecule has 3 aromatic heterocycles. The maximum absolute atomic E-state index is 14.3. The van der Waals surface area contributed by atoms with Crippen LogP contribution in [0.4, 0.5) is 8.78 Å². The van der Waals surface area contributed by atoms with Crippen molar-refractivity contribution in [3.8, 4) is 11.1 Å². The molecule has 3 heterocycles. The Morgan fingerprint density at radius 2 is 1.75 bits per heavy atom. The van der Waals surface area contributed by atoms with E-state index in [0.717, 1.165) is 28.6 Å². The summed E-state index contributed by atoms with van der Waals surface area (Å²) in [6.45, 7) is 0. The summed E-state index contributed by atoms with van der Waals surface area (Å²) < 4.78 is 31.4. The third kappa shape index (κ3) is 3.35. The number of fused-ring (bicyclic) bond motifs is 3. The minimum absolute atomic E-state index is 0.150. The summed E-state index contributed by atoms with van der Waals surface area (Å²) in [6.07, 6.45) is 3.02. The maximum Gasteiger partial charge on any atom is 0.180 e. The summed E-state index contributed by atoms with van der Waals surface area (Å²) in [5.41, 5.74) is 1.93. The van der Waals surface area contributed by atoms with Crippen molar-refractivity contribution in [3.05, 3.63) is 113 Å². The minimum atomic E-state index is -1.85. The van der Waals surface area contributed by atoms with Gasteiger partial charge in [0.25, 0.3) is 0 Å². The smallest absolute Gasteiger partial charge is 0.180 e. The van der Waals surface area contributed by atoms with Gasteiger partial charge in [-0.15, -0.1) is 5.10 Å². The molecule has 0 saturated carbocycles. The Morgan fingerprint density at radius 3 is 2.50 bits per heavy atom. The predicted molar refractivity (Wildman–Crippen MR) is 130 cm³/mol. The van der Waals surface area contributed by atoms with E-state index in [1.165, 1.54) is 18.6 Å². The average Bonchev–Trinajstić information content (AvgIpc) is 3.53. The molecule has 3 aromatic carbocycles. The SMILES string of the molecule is Cn1cncc1C(O)(c1ccc(F)c(F)c1)c1ccc2c(c1)c(-c1cccc(Cl)c1)cc1nnnn12. The van der Waals surface area contributed by atoms with Crippen LogP contribution in [-0.4, -0.2) is 34.7 Å². The second-order valence-electron chi connectivity index (χ2n) is 8.48. The van der Waals surface area contributed by atoms with Crippen molar-refractivity contribution in [1.82, 2.24) is 29.6 Å². The number of benzene rings is 3. The van der Waals surface area contributed by atoms with Gasteiger partial charge in [-0.3, -0.25) is 0 Å². The van der Waals surface area contributed by atoms with Gasteiger partial charge in [0, 0.05) is 17.5 Å². The molecule has 0 aliphatic heterocycles. The summed E-state index contributed by atoms with van der Waals surface area (Å²) in [5.74, 6) is -2.07. The van der Waals surface area contributed by atoms with Crippen molar-refractivity contribution in [2.75, 3.05) is 0 Å². The number of hydrogen-bond acceptors (Lipinski definition) is 5. The van der Waals surface area contributed by atoms with Gasteiger partial charge < -0.3 is 9.67 Å². The molecule has 0 fully saturated rings. The molecule has 10 heteroatoms. The number of aliphatic hydroxyl groups is 1. The molecule has 7 nitrogen and oxygen atoms in total. The van der Waals surface area contributed by atoms with Crippen LogP contribution < -0.4 is 0 Å². The van der Waals surface area contributed by atoms with Gasteiger partial charge in [0.05, 0.1) is 23.7 Å². The van der Waals surface area contributed by atoms with Crippen LogP contribution >= 0.6 is 11.6 Å². The first-order valence-electron chi connectivity index (χ1n) is 10.9. The fourth-order valence-electron chi connectivity index (χ4n) is 4.61. The van der Waals surface area contributed by atoms with Crippen molar-refractivity contribution in [1.29, 1.82) is 0 Å². The molecule has 0 radical (unpaired) electrons. The normalized spacial score (nSPS) is 13.4. The summed E-state index contributed by atoms with van der Waals surface area (Å²) in [4.78, 5) is 4.14. The van der Waals surface area contributed by atoms with Crippen molar-refractivity contribution in [2.24, 2.45) is 7.05 Å². The Morgan fingerprint density at radius 1 is 0.944 bits per heavy atom. The first-order chi connectivity index (χ1) is 17.4. The number of pyridine rings is 1. The average molecular weight is 503 g/mol. The van der Waals surface area contributed by atoms with E-state index >= 15 is 0 Å². The molecule has 1 N–H and O–H groups in total. The van der Waals surface area contributed by atoms with Gasteiger partial charge in [-0.1, -0.05) is 35.9 Å². The van der Waals surface area contributed by atoms with Gasteiger partial charge in [0.15, 0.2) is 22.9 Å². The van der Waals surface area contributed by atoms with Crippen LogP contribution in [0.25, 0.3) is 27.7 Å². The van der Waals surface area contributed by atoms with E-state index in [0.29, 0.717) is 27.4 Å². The van der Waals surface area contributed by atoms with Crippen LogP contribution in [-0.2, 0) is 12.6 Å². The number of tetrazole rings is 1. The fourth-order valence-corrected chi connectivity index (χ4v) is 4.80. The molecule has 1 atom stereocenters. The lowest BCUT2D eigenvalue weighted by Crippen LogP contribution is -2.31. The highest BCUT2D eigenvalue weighted by molar-refractivity contribution is 6.30. The molecular formula is C26H17ClF2N6O. The van der Waals surface area contributed by atoms with Gasteiger partial charge in [-0.2, -0.15) is 4.52 Å². The monoisotopic (exact) mass is 502 g/mol. The zero-order chi connectivity index (χ0) is 25.0. The number of halogens is 3. The van der Waals surface area contributed by atoms with Crippen LogP contribution in [0.15, 0.2) is 79.3 Å². The Bertz CT molecular complexity index is 1780. The van der Waals surface area contributed by atoms with Crippen LogP contribution in [0.2, 0.25) is 5.02 Å². The molecule has 0 aliphatic rings. The Kier molecular flexibility index (Phi) is 5.06. The Hall–Kier alpha value is -4.21. The lowest BCUT2D eigenvalue weighted by Gasteiger charge is -2.30. The van der Waals surface area contributed by atoms with Crippen molar-refractivity contribution in [2.45, 2.75) is 5.60 Å². The zero-order valence-electron chi connectivity index (χ0n) is 18.8. The van der Waals surface area contributed by atoms with E-state index in [-0.39, 0.29) is 5.56 Å². The summed E-state index contributed by atoms with van der Waals surface area (Å²) in [5, 5.41) is 25.5. The van der Waals surface area contributed by atoms with Crippen LogP contribution in [0.3, 0.4) is 0 Å². The highest BCUT2D eigenvalue weighted by atomic mass is 35.5. The molecule has 178 valence electrons. The standard InChI is InChI=1S/C26H17ClF2N6O/c1-34-14-30-13-24(34)26(36,17-5-7-21(28)22(29)11-17)16-6-8-23-20(10-16)19(12-25-31-32-33-35(23)25)15-3-2-4-18(27)9-15/h2-14,36H,1H3. The summed E-state index contributed by atoms with van der Waals surface area (Å²) in [6, 6.07) is 17.8. The zero-order valence-corrected chi connectivity index (χ0v) is 19.5. The molecule has 0 bridgehead atoms. The molecule has 6 aromatic rings. The lowest BCUT2D eigenvalue weighted by molar-refractivity contribution is 0.117. The van der Waals surface area contributed by atoms with Crippen molar-refractivity contribution < 1.29 is 13.9 Å². The summed E-state index contributed by atoms with van der Waals surface area (Å²) >= 11 is 6.28. The van der Waals surface area contributed by atoms with E-state index in [9.17, 15) is 13.9 Å². The molecule has 0 spiro atoms. The fraction of sp³-hybridized carbons (Fsp3) is 0.0769. The first kappa shape index (κ1) is 22.3. The van der Waals surface area contributed by atoms with E-state index in [2.05, 4.69) is 20.5 Å². The Balaban J connectivity index is 1.69. The molecular weight excluding hydrogens is 486 g/mol. The van der Waals surface area contributed by atoms with Crippen LogP contribution in [0, 0.1) is 11.6 Å².